The molecule has 21 heavy (non-hydrogen) atoms. The average molecular weight is 369 g/mol. The van der Waals surface area contributed by atoms with Crippen molar-refractivity contribution in [1.82, 2.24) is 14.5 Å². The summed E-state index contributed by atoms with van der Waals surface area (Å²) in [5.74, 6) is 0.635. The zero-order valence-corrected chi connectivity index (χ0v) is 13.6. The topological polar surface area (TPSA) is 30.7 Å². The number of nitrogens with zero attached hydrogens (tertiary/aromatic N) is 3. The van der Waals surface area contributed by atoms with Crippen molar-refractivity contribution in [3.8, 4) is 0 Å². The molecule has 0 N–H and O–H groups in total. The molecule has 0 spiro atoms. The zero-order chi connectivity index (χ0) is 15.0. The van der Waals surface area contributed by atoms with Gasteiger partial charge in [0.1, 0.15) is 11.6 Å². The molecule has 0 amide bonds. The van der Waals surface area contributed by atoms with Crippen LogP contribution in [-0.2, 0) is 12.4 Å². The van der Waals surface area contributed by atoms with E-state index in [4.69, 9.17) is 11.6 Å². The lowest BCUT2D eigenvalue weighted by atomic mass is 10.2. The Balaban J connectivity index is 2.16. The van der Waals surface area contributed by atoms with Gasteiger partial charge in [-0.2, -0.15) is 0 Å². The van der Waals surface area contributed by atoms with E-state index >= 15 is 0 Å². The van der Waals surface area contributed by atoms with E-state index in [2.05, 4.69) is 25.9 Å². The molecule has 3 aromatic rings. The first-order chi connectivity index (χ1) is 10.1. The normalized spacial score (nSPS) is 11.2. The molecular weight excluding hydrogens is 357 g/mol. The molecule has 0 aliphatic carbocycles. The minimum atomic E-state index is -0.331. The van der Waals surface area contributed by atoms with E-state index in [-0.39, 0.29) is 11.7 Å². The van der Waals surface area contributed by atoms with Crippen LogP contribution in [-0.4, -0.2) is 14.5 Å². The lowest BCUT2D eigenvalue weighted by molar-refractivity contribution is 0.622. The lowest BCUT2D eigenvalue weighted by Gasteiger charge is -2.09. The number of hydrogen-bond acceptors (Lipinski definition) is 2. The van der Waals surface area contributed by atoms with Crippen molar-refractivity contribution < 1.29 is 4.39 Å². The van der Waals surface area contributed by atoms with Crippen LogP contribution in [0.4, 0.5) is 4.39 Å². The summed E-state index contributed by atoms with van der Waals surface area (Å²) < 4.78 is 16.0. The highest BCUT2D eigenvalue weighted by Gasteiger charge is 2.14. The second kappa shape index (κ2) is 5.73. The summed E-state index contributed by atoms with van der Waals surface area (Å²) >= 11 is 9.20. The Hall–Kier alpha value is -1.46. The van der Waals surface area contributed by atoms with E-state index < -0.39 is 0 Å². The molecule has 0 atom stereocenters. The van der Waals surface area contributed by atoms with Crippen molar-refractivity contribution in [2.75, 3.05) is 0 Å². The van der Waals surface area contributed by atoms with E-state index in [1.54, 1.807) is 12.3 Å². The van der Waals surface area contributed by atoms with Gasteiger partial charge in [0.25, 0.3) is 0 Å². The van der Waals surface area contributed by atoms with Gasteiger partial charge in [0.2, 0.25) is 0 Å². The number of benzene rings is 1. The van der Waals surface area contributed by atoms with Gasteiger partial charge in [0.15, 0.2) is 0 Å². The second-order valence-electron chi connectivity index (χ2n) is 4.77. The predicted molar refractivity (Wildman–Crippen MR) is 85.0 cm³/mol. The number of imidazole rings is 1. The predicted octanol–water partition coefficient (Wildman–Crippen LogP) is 4.43. The first-order valence-electron chi connectivity index (χ1n) is 6.40. The third-order valence-electron chi connectivity index (χ3n) is 3.41. The molecule has 0 saturated heterocycles. The maximum Gasteiger partial charge on any atom is 0.139 e. The molecule has 0 unspecified atom stereocenters. The largest absolute Gasteiger partial charge is 0.321 e. The van der Waals surface area contributed by atoms with Gasteiger partial charge in [-0.3, -0.25) is 4.98 Å². The first-order valence-corrected chi connectivity index (χ1v) is 7.73. The van der Waals surface area contributed by atoms with E-state index in [0.29, 0.717) is 22.4 Å². The Morgan fingerprint density at radius 3 is 2.90 bits per heavy atom. The molecule has 0 bridgehead atoms. The smallest absolute Gasteiger partial charge is 0.139 e. The molecule has 0 fully saturated rings. The highest BCUT2D eigenvalue weighted by molar-refractivity contribution is 9.10. The van der Waals surface area contributed by atoms with Gasteiger partial charge in [0.05, 0.1) is 33.6 Å². The van der Waals surface area contributed by atoms with Crippen molar-refractivity contribution in [1.29, 1.82) is 0 Å². The van der Waals surface area contributed by atoms with Gasteiger partial charge < -0.3 is 4.57 Å². The summed E-state index contributed by atoms with van der Waals surface area (Å²) in [6.45, 7) is 2.57. The Morgan fingerprint density at radius 2 is 2.19 bits per heavy atom. The molecule has 0 radical (unpaired) electrons. The second-order valence-corrected chi connectivity index (χ2v) is 5.89. The van der Waals surface area contributed by atoms with Crippen LogP contribution in [0.1, 0.15) is 17.1 Å². The Bertz CT molecular complexity index is 816. The van der Waals surface area contributed by atoms with Gasteiger partial charge in [0, 0.05) is 12.3 Å². The third-order valence-corrected chi connectivity index (χ3v) is 4.26. The van der Waals surface area contributed by atoms with E-state index in [1.165, 1.54) is 6.07 Å². The summed E-state index contributed by atoms with van der Waals surface area (Å²) in [6, 6.07) is 7.06. The lowest BCUT2D eigenvalue weighted by Crippen LogP contribution is -2.06. The minimum absolute atomic E-state index is 0.264. The molecule has 3 rings (SSSR count). The van der Waals surface area contributed by atoms with Crippen LogP contribution in [0.25, 0.3) is 11.0 Å². The summed E-state index contributed by atoms with van der Waals surface area (Å²) in [6.07, 6.45) is 1.76. The molecule has 2 aromatic heterocycles. The SMILES string of the molecule is Cc1cccnc1Cn1c(CCl)nc2cc(F)c(Br)cc21. The van der Waals surface area contributed by atoms with Crippen LogP contribution in [0, 0.1) is 12.7 Å². The van der Waals surface area contributed by atoms with Crippen LogP contribution >= 0.6 is 27.5 Å². The van der Waals surface area contributed by atoms with E-state index in [0.717, 1.165) is 16.8 Å². The van der Waals surface area contributed by atoms with Gasteiger partial charge in [-0.05, 0) is 40.5 Å². The number of aryl methyl sites for hydroxylation is 1. The van der Waals surface area contributed by atoms with Crippen molar-refractivity contribution in [2.45, 2.75) is 19.3 Å². The van der Waals surface area contributed by atoms with Crippen molar-refractivity contribution in [2.24, 2.45) is 0 Å². The molecule has 0 saturated carbocycles. The molecular formula is C15H12BrClFN3. The summed E-state index contributed by atoms with van der Waals surface area (Å²) in [5, 5.41) is 0. The number of aromatic nitrogens is 3. The molecule has 1 aromatic carbocycles. The standard InChI is InChI=1S/C15H12BrClFN3/c1-9-3-2-4-19-13(9)8-21-14-5-10(16)11(18)6-12(14)20-15(21)7-17/h2-6H,7-8H2,1H3. The Kier molecular flexibility index (Phi) is 3.95. The van der Waals surface area contributed by atoms with Crippen LogP contribution in [0.15, 0.2) is 34.9 Å². The van der Waals surface area contributed by atoms with Gasteiger partial charge in [-0.25, -0.2) is 9.37 Å². The van der Waals surface area contributed by atoms with Gasteiger partial charge in [-0.1, -0.05) is 6.07 Å². The number of halogens is 3. The molecule has 6 heteroatoms. The maximum atomic E-state index is 13.6. The highest BCUT2D eigenvalue weighted by atomic mass is 79.9. The van der Waals surface area contributed by atoms with Gasteiger partial charge in [-0.15, -0.1) is 11.6 Å². The number of pyridine rings is 1. The fraction of sp³-hybridized carbons (Fsp3) is 0.200. The van der Waals surface area contributed by atoms with Crippen LogP contribution in [0.5, 0.6) is 0 Å². The van der Waals surface area contributed by atoms with Crippen molar-refractivity contribution in [3.63, 3.8) is 0 Å². The Labute approximate surface area is 134 Å². The number of fused-ring (bicyclic) bond motifs is 1. The van der Waals surface area contributed by atoms with Crippen LogP contribution < -0.4 is 0 Å². The van der Waals surface area contributed by atoms with Gasteiger partial charge >= 0.3 is 0 Å². The third kappa shape index (κ3) is 2.68. The summed E-state index contributed by atoms with van der Waals surface area (Å²) in [7, 11) is 0. The average Bonchev–Trinajstić information content (AvgIpc) is 2.79. The minimum Gasteiger partial charge on any atom is -0.321 e. The fourth-order valence-corrected chi connectivity index (χ4v) is 2.82. The zero-order valence-electron chi connectivity index (χ0n) is 11.3. The summed E-state index contributed by atoms with van der Waals surface area (Å²) in [5.41, 5.74) is 3.48. The number of rotatable bonds is 3. The van der Waals surface area contributed by atoms with E-state index in [1.807, 2.05) is 23.6 Å². The fourth-order valence-electron chi connectivity index (χ4n) is 2.28. The molecule has 108 valence electrons. The maximum absolute atomic E-state index is 13.6. The number of alkyl halides is 1. The first kappa shape index (κ1) is 14.5. The van der Waals surface area contributed by atoms with Crippen LogP contribution in [0.2, 0.25) is 0 Å². The quantitative estimate of drug-likeness (QED) is 0.640. The Morgan fingerprint density at radius 1 is 1.38 bits per heavy atom. The van der Waals surface area contributed by atoms with Crippen molar-refractivity contribution in [3.05, 3.63) is 57.8 Å². The molecule has 0 aliphatic heterocycles. The van der Waals surface area contributed by atoms with E-state index in [9.17, 15) is 4.39 Å². The molecule has 3 nitrogen and oxygen atoms in total. The summed E-state index contributed by atoms with van der Waals surface area (Å²) in [4.78, 5) is 8.80. The molecule has 0 aliphatic rings. The number of hydrogen-bond donors (Lipinski definition) is 0. The monoisotopic (exact) mass is 367 g/mol. The molecule has 2 heterocycles. The van der Waals surface area contributed by atoms with Crippen LogP contribution in [0.3, 0.4) is 0 Å². The highest BCUT2D eigenvalue weighted by Crippen LogP contribution is 2.25. The van der Waals surface area contributed by atoms with Crippen molar-refractivity contribution >= 4 is 38.6 Å².